The molecule has 1 aliphatic heterocycles. The first-order valence-corrected chi connectivity index (χ1v) is 6.40. The van der Waals surface area contributed by atoms with Crippen LogP contribution in [0.1, 0.15) is 20.3 Å². The third-order valence-electron chi connectivity index (χ3n) is 3.11. The second-order valence-corrected chi connectivity index (χ2v) is 4.53. The molecule has 1 saturated heterocycles. The van der Waals surface area contributed by atoms with Crippen molar-refractivity contribution in [1.29, 1.82) is 0 Å². The van der Waals surface area contributed by atoms with Crippen LogP contribution in [0.2, 0.25) is 0 Å². The Hall–Kier alpha value is -1.22. The van der Waals surface area contributed by atoms with Crippen LogP contribution in [0.5, 0.6) is 11.5 Å². The van der Waals surface area contributed by atoms with E-state index in [1.165, 1.54) is 0 Å². The van der Waals surface area contributed by atoms with Crippen LogP contribution in [0, 0.1) is 5.92 Å². The fraction of sp³-hybridized carbons (Fsp3) is 0.571. The summed E-state index contributed by atoms with van der Waals surface area (Å²) in [6.45, 7) is 6.98. The number of hydrogen-bond acceptors (Lipinski definition) is 3. The number of rotatable bonds is 4. The van der Waals surface area contributed by atoms with Gasteiger partial charge in [-0.1, -0.05) is 13.0 Å². The van der Waals surface area contributed by atoms with Gasteiger partial charge in [-0.05, 0) is 32.0 Å². The zero-order valence-electron chi connectivity index (χ0n) is 10.6. The molecule has 1 fully saturated rings. The lowest BCUT2D eigenvalue weighted by molar-refractivity contribution is 0.111. The Morgan fingerprint density at radius 1 is 1.35 bits per heavy atom. The zero-order valence-corrected chi connectivity index (χ0v) is 10.6. The van der Waals surface area contributed by atoms with Gasteiger partial charge in [0.25, 0.3) is 0 Å². The fourth-order valence-electron chi connectivity index (χ4n) is 2.14. The second kappa shape index (κ2) is 5.92. The minimum Gasteiger partial charge on any atom is -0.494 e. The smallest absolute Gasteiger partial charge is 0.123 e. The van der Waals surface area contributed by atoms with E-state index in [4.69, 9.17) is 9.47 Å². The first-order chi connectivity index (χ1) is 8.29. The van der Waals surface area contributed by atoms with Gasteiger partial charge in [-0.25, -0.2) is 0 Å². The molecule has 2 rings (SSSR count). The van der Waals surface area contributed by atoms with Crippen LogP contribution in [-0.2, 0) is 0 Å². The summed E-state index contributed by atoms with van der Waals surface area (Å²) >= 11 is 0. The molecule has 0 bridgehead atoms. The molecule has 3 nitrogen and oxygen atoms in total. The molecule has 1 aromatic rings. The highest BCUT2D eigenvalue weighted by molar-refractivity contribution is 5.33. The van der Waals surface area contributed by atoms with Crippen LogP contribution in [-0.4, -0.2) is 25.8 Å². The van der Waals surface area contributed by atoms with E-state index < -0.39 is 0 Å². The molecule has 3 heteroatoms. The number of hydrogen-bond donors (Lipinski definition) is 1. The molecule has 1 heterocycles. The van der Waals surface area contributed by atoms with Crippen LogP contribution in [0.3, 0.4) is 0 Å². The standard InChI is InChI=1S/C14H21NO2/c1-3-16-12-5-4-6-13(9-12)17-14-7-8-15-10-11(14)2/h4-6,9,11,14-15H,3,7-8,10H2,1-2H3. The highest BCUT2D eigenvalue weighted by Gasteiger charge is 2.22. The van der Waals surface area contributed by atoms with Crippen molar-refractivity contribution >= 4 is 0 Å². The van der Waals surface area contributed by atoms with Crippen LogP contribution < -0.4 is 14.8 Å². The van der Waals surface area contributed by atoms with E-state index in [-0.39, 0.29) is 0 Å². The Labute approximate surface area is 103 Å². The summed E-state index contributed by atoms with van der Waals surface area (Å²) < 4.78 is 11.5. The van der Waals surface area contributed by atoms with Gasteiger partial charge in [0, 0.05) is 18.5 Å². The monoisotopic (exact) mass is 235 g/mol. The molecule has 94 valence electrons. The predicted octanol–water partition coefficient (Wildman–Crippen LogP) is 2.46. The van der Waals surface area contributed by atoms with Gasteiger partial charge in [0.15, 0.2) is 0 Å². The minimum absolute atomic E-state index is 0.313. The predicted molar refractivity (Wildman–Crippen MR) is 68.7 cm³/mol. The highest BCUT2D eigenvalue weighted by Crippen LogP contribution is 2.24. The van der Waals surface area contributed by atoms with Crippen molar-refractivity contribution in [2.75, 3.05) is 19.7 Å². The van der Waals surface area contributed by atoms with Crippen LogP contribution in [0.15, 0.2) is 24.3 Å². The first kappa shape index (κ1) is 12.2. The summed E-state index contributed by atoms with van der Waals surface area (Å²) in [7, 11) is 0. The molecule has 0 aliphatic carbocycles. The van der Waals surface area contributed by atoms with Gasteiger partial charge < -0.3 is 14.8 Å². The van der Waals surface area contributed by atoms with Crippen LogP contribution in [0.25, 0.3) is 0 Å². The number of ether oxygens (including phenoxy) is 2. The van der Waals surface area contributed by atoms with Crippen molar-refractivity contribution in [2.24, 2.45) is 5.92 Å². The van der Waals surface area contributed by atoms with Crippen LogP contribution >= 0.6 is 0 Å². The van der Waals surface area contributed by atoms with E-state index in [1.807, 2.05) is 31.2 Å². The Kier molecular flexibility index (Phi) is 4.26. The number of benzene rings is 1. The summed E-state index contributed by atoms with van der Waals surface area (Å²) in [4.78, 5) is 0. The van der Waals surface area contributed by atoms with E-state index in [0.29, 0.717) is 18.6 Å². The maximum Gasteiger partial charge on any atom is 0.123 e. The maximum atomic E-state index is 6.03. The molecule has 1 aliphatic rings. The molecule has 2 unspecified atom stereocenters. The van der Waals surface area contributed by atoms with Crippen molar-refractivity contribution in [3.63, 3.8) is 0 Å². The summed E-state index contributed by atoms with van der Waals surface area (Å²) in [5, 5.41) is 3.38. The summed E-state index contributed by atoms with van der Waals surface area (Å²) in [5.41, 5.74) is 0. The topological polar surface area (TPSA) is 30.5 Å². The second-order valence-electron chi connectivity index (χ2n) is 4.53. The van der Waals surface area contributed by atoms with Gasteiger partial charge >= 0.3 is 0 Å². The van der Waals surface area contributed by atoms with Gasteiger partial charge in [0.1, 0.15) is 17.6 Å². The molecule has 1 N–H and O–H groups in total. The Morgan fingerprint density at radius 3 is 2.94 bits per heavy atom. The van der Waals surface area contributed by atoms with Crippen molar-refractivity contribution in [1.82, 2.24) is 5.32 Å². The van der Waals surface area contributed by atoms with Gasteiger partial charge in [-0.2, -0.15) is 0 Å². The van der Waals surface area contributed by atoms with Gasteiger partial charge in [-0.15, -0.1) is 0 Å². The third-order valence-corrected chi connectivity index (χ3v) is 3.11. The molecule has 1 aromatic carbocycles. The average Bonchev–Trinajstić information content (AvgIpc) is 2.33. The largest absolute Gasteiger partial charge is 0.494 e. The molecule has 17 heavy (non-hydrogen) atoms. The lowest BCUT2D eigenvalue weighted by atomic mass is 9.98. The van der Waals surface area contributed by atoms with E-state index in [2.05, 4.69) is 12.2 Å². The molecule has 0 spiro atoms. The maximum absolute atomic E-state index is 6.03. The normalized spacial score (nSPS) is 24.4. The lowest BCUT2D eigenvalue weighted by Gasteiger charge is -2.30. The van der Waals surface area contributed by atoms with Crippen molar-refractivity contribution in [2.45, 2.75) is 26.4 Å². The summed E-state index contributed by atoms with van der Waals surface area (Å²) in [5.74, 6) is 2.35. The first-order valence-electron chi connectivity index (χ1n) is 6.40. The molecule has 0 radical (unpaired) electrons. The summed E-state index contributed by atoms with van der Waals surface area (Å²) in [6, 6.07) is 7.91. The van der Waals surface area contributed by atoms with Gasteiger partial charge in [-0.3, -0.25) is 0 Å². The van der Waals surface area contributed by atoms with Gasteiger partial charge in [0.2, 0.25) is 0 Å². The zero-order chi connectivity index (χ0) is 12.1. The van der Waals surface area contributed by atoms with E-state index in [0.717, 1.165) is 31.0 Å². The molecule has 0 aromatic heterocycles. The fourth-order valence-corrected chi connectivity index (χ4v) is 2.14. The SMILES string of the molecule is CCOc1cccc(OC2CCNCC2C)c1. The highest BCUT2D eigenvalue weighted by atomic mass is 16.5. The Morgan fingerprint density at radius 2 is 2.18 bits per heavy atom. The molecule has 0 amide bonds. The molecule has 0 saturated carbocycles. The average molecular weight is 235 g/mol. The van der Waals surface area contributed by atoms with E-state index in [1.54, 1.807) is 0 Å². The Balaban J connectivity index is 1.99. The molecule has 2 atom stereocenters. The Bertz CT molecular complexity index is 354. The third kappa shape index (κ3) is 3.37. The lowest BCUT2D eigenvalue weighted by Crippen LogP contribution is -2.41. The molecular weight excluding hydrogens is 214 g/mol. The quantitative estimate of drug-likeness (QED) is 0.869. The number of nitrogens with one attached hydrogen (secondary N) is 1. The minimum atomic E-state index is 0.313. The number of piperidine rings is 1. The van der Waals surface area contributed by atoms with Crippen LogP contribution in [0.4, 0.5) is 0 Å². The van der Waals surface area contributed by atoms with Crippen molar-refractivity contribution < 1.29 is 9.47 Å². The van der Waals surface area contributed by atoms with Crippen molar-refractivity contribution in [3.05, 3.63) is 24.3 Å². The van der Waals surface area contributed by atoms with E-state index in [9.17, 15) is 0 Å². The van der Waals surface area contributed by atoms with Gasteiger partial charge in [0.05, 0.1) is 6.61 Å². The van der Waals surface area contributed by atoms with Crippen molar-refractivity contribution in [3.8, 4) is 11.5 Å². The molecular formula is C14H21NO2. The van der Waals surface area contributed by atoms with E-state index >= 15 is 0 Å². The summed E-state index contributed by atoms with van der Waals surface area (Å²) in [6.07, 6.45) is 1.38.